The van der Waals surface area contributed by atoms with E-state index < -0.39 is 0 Å². The van der Waals surface area contributed by atoms with Crippen molar-refractivity contribution < 1.29 is 4.79 Å². The fraction of sp³-hybridized carbons (Fsp3) is 0.231. The van der Waals surface area contributed by atoms with Crippen molar-refractivity contribution in [1.29, 1.82) is 0 Å². The van der Waals surface area contributed by atoms with Crippen LogP contribution in [0.3, 0.4) is 0 Å². The van der Waals surface area contributed by atoms with E-state index in [4.69, 9.17) is 16.6 Å². The van der Waals surface area contributed by atoms with E-state index in [0.29, 0.717) is 0 Å². The molecule has 1 aromatic heterocycles. The summed E-state index contributed by atoms with van der Waals surface area (Å²) in [4.78, 5) is 22.6. The van der Waals surface area contributed by atoms with E-state index in [1.807, 2.05) is 66.7 Å². The second-order valence-corrected chi connectivity index (χ2v) is 8.60. The van der Waals surface area contributed by atoms with Gasteiger partial charge in [-0.3, -0.25) is 9.69 Å². The Morgan fingerprint density at radius 2 is 1.53 bits per heavy atom. The van der Waals surface area contributed by atoms with Crippen molar-refractivity contribution in [2.24, 2.45) is 0 Å². The van der Waals surface area contributed by atoms with E-state index in [1.165, 1.54) is 5.56 Å². The van der Waals surface area contributed by atoms with E-state index in [0.717, 1.165) is 60.3 Å². The molecule has 1 aliphatic rings. The Morgan fingerprint density at radius 1 is 0.844 bits per heavy atom. The lowest BCUT2D eigenvalue weighted by Crippen LogP contribution is -2.47. The maximum atomic E-state index is 13.0. The zero-order chi connectivity index (χ0) is 21.9. The highest BCUT2D eigenvalue weighted by Crippen LogP contribution is 2.25. The lowest BCUT2D eigenvalue weighted by molar-refractivity contribution is 0.0973. The Balaban J connectivity index is 1.34. The molecule has 0 amide bonds. The third-order valence-corrected chi connectivity index (χ3v) is 6.26. The summed E-state index contributed by atoms with van der Waals surface area (Å²) in [5.74, 6) is 0.970. The molecule has 6 heteroatoms. The number of anilines is 1. The maximum absolute atomic E-state index is 13.0. The molecule has 5 rings (SSSR count). The van der Waals surface area contributed by atoms with Crippen LogP contribution in [0.15, 0.2) is 78.9 Å². The highest BCUT2D eigenvalue weighted by molar-refractivity contribution is 6.30. The quantitative estimate of drug-likeness (QED) is 0.397. The van der Waals surface area contributed by atoms with Crippen LogP contribution in [-0.2, 0) is 13.1 Å². The highest BCUT2D eigenvalue weighted by atomic mass is 35.5. The van der Waals surface area contributed by atoms with Gasteiger partial charge in [0.2, 0.25) is 5.95 Å². The molecule has 32 heavy (non-hydrogen) atoms. The molecule has 0 bridgehead atoms. The number of nitrogens with zero attached hydrogens (tertiary/aromatic N) is 4. The Morgan fingerprint density at radius 3 is 2.28 bits per heavy atom. The summed E-state index contributed by atoms with van der Waals surface area (Å²) in [5, 5.41) is 0.766. The van der Waals surface area contributed by atoms with Crippen molar-refractivity contribution in [2.75, 3.05) is 31.1 Å². The van der Waals surface area contributed by atoms with Gasteiger partial charge in [0.05, 0.1) is 17.6 Å². The number of ketones is 1. The molecule has 162 valence electrons. The molecule has 1 aliphatic heterocycles. The number of halogens is 1. The Labute approximate surface area is 192 Å². The second-order valence-electron chi connectivity index (χ2n) is 8.17. The van der Waals surface area contributed by atoms with Crippen molar-refractivity contribution in [3.63, 3.8) is 0 Å². The summed E-state index contributed by atoms with van der Waals surface area (Å²) < 4.78 is 2.07. The topological polar surface area (TPSA) is 41.4 Å². The number of hydrogen-bond acceptors (Lipinski definition) is 4. The molecular formula is C26H25ClN4O. The molecule has 0 saturated carbocycles. The molecular weight excluding hydrogens is 420 g/mol. The Hall–Kier alpha value is -3.15. The normalized spacial score (nSPS) is 14.7. The molecule has 2 heterocycles. The summed E-state index contributed by atoms with van der Waals surface area (Å²) in [6.07, 6.45) is 0. The zero-order valence-electron chi connectivity index (χ0n) is 17.8. The van der Waals surface area contributed by atoms with Gasteiger partial charge >= 0.3 is 0 Å². The van der Waals surface area contributed by atoms with Crippen LogP contribution in [0.5, 0.6) is 0 Å². The molecule has 0 atom stereocenters. The average molecular weight is 445 g/mol. The number of piperazine rings is 1. The van der Waals surface area contributed by atoms with Crippen molar-refractivity contribution >= 4 is 34.4 Å². The Bertz CT molecular complexity index is 1210. The number of hydrogen-bond donors (Lipinski definition) is 0. The third-order valence-electron chi connectivity index (χ3n) is 6.01. The first-order valence-electron chi connectivity index (χ1n) is 10.9. The van der Waals surface area contributed by atoms with Crippen LogP contribution in [0, 0.1) is 0 Å². The van der Waals surface area contributed by atoms with Crippen LogP contribution in [0.1, 0.15) is 15.9 Å². The second kappa shape index (κ2) is 9.15. The number of Topliss-reactive ketones (excluding diaryl/α,β-unsaturated/α-hetero) is 1. The van der Waals surface area contributed by atoms with Gasteiger partial charge in [-0.1, -0.05) is 66.2 Å². The number of carbonyl (C=O) groups is 1. The minimum atomic E-state index is 0.0939. The van der Waals surface area contributed by atoms with Gasteiger partial charge in [0, 0.05) is 43.3 Å². The number of carbonyl (C=O) groups excluding carboxylic acids is 1. The highest BCUT2D eigenvalue weighted by Gasteiger charge is 2.23. The molecule has 0 unspecified atom stereocenters. The van der Waals surface area contributed by atoms with Crippen molar-refractivity contribution in [3.05, 3.63) is 95.0 Å². The lowest BCUT2D eigenvalue weighted by atomic mass is 10.1. The fourth-order valence-electron chi connectivity index (χ4n) is 4.27. The molecule has 5 nitrogen and oxygen atoms in total. The minimum absolute atomic E-state index is 0.0939. The van der Waals surface area contributed by atoms with Gasteiger partial charge in [-0.25, -0.2) is 4.98 Å². The third kappa shape index (κ3) is 4.40. The monoisotopic (exact) mass is 444 g/mol. The van der Waals surface area contributed by atoms with Crippen molar-refractivity contribution in [1.82, 2.24) is 14.5 Å². The predicted molar refractivity (Wildman–Crippen MR) is 129 cm³/mol. The number of para-hydroxylation sites is 2. The van der Waals surface area contributed by atoms with Crippen molar-refractivity contribution in [3.8, 4) is 0 Å². The number of rotatable bonds is 6. The standard InChI is InChI=1S/C26H25ClN4O/c27-22-12-10-20(11-13-22)18-29-14-16-30(17-15-29)26-28-23-8-4-5-9-24(23)31(26)19-25(32)21-6-2-1-3-7-21/h1-13H,14-19H2. The maximum Gasteiger partial charge on any atom is 0.207 e. The van der Waals surface area contributed by atoms with Crippen LogP contribution in [0.4, 0.5) is 5.95 Å². The van der Waals surface area contributed by atoms with Gasteiger partial charge in [-0.15, -0.1) is 0 Å². The molecule has 1 fully saturated rings. The average Bonchev–Trinajstić information content (AvgIpc) is 3.20. The largest absolute Gasteiger partial charge is 0.340 e. The fourth-order valence-corrected chi connectivity index (χ4v) is 4.40. The van der Waals surface area contributed by atoms with E-state index in [9.17, 15) is 4.79 Å². The van der Waals surface area contributed by atoms with Gasteiger partial charge in [0.1, 0.15) is 0 Å². The van der Waals surface area contributed by atoms with E-state index >= 15 is 0 Å². The van der Waals surface area contributed by atoms with Gasteiger partial charge in [-0.2, -0.15) is 0 Å². The SMILES string of the molecule is O=C(Cn1c(N2CCN(Cc3ccc(Cl)cc3)CC2)nc2ccccc21)c1ccccc1. The summed E-state index contributed by atoms with van der Waals surface area (Å²) in [5.41, 5.74) is 3.91. The number of aromatic nitrogens is 2. The molecule has 4 aromatic rings. The van der Waals surface area contributed by atoms with Crippen LogP contribution in [0.25, 0.3) is 11.0 Å². The van der Waals surface area contributed by atoms with E-state index in [-0.39, 0.29) is 12.3 Å². The van der Waals surface area contributed by atoms with E-state index in [1.54, 1.807) is 0 Å². The molecule has 0 N–H and O–H groups in total. The van der Waals surface area contributed by atoms with Crippen LogP contribution >= 0.6 is 11.6 Å². The van der Waals surface area contributed by atoms with Crippen LogP contribution in [-0.4, -0.2) is 46.4 Å². The van der Waals surface area contributed by atoms with E-state index in [2.05, 4.69) is 26.5 Å². The number of imidazole rings is 1. The minimum Gasteiger partial charge on any atom is -0.340 e. The molecule has 0 aliphatic carbocycles. The first kappa shape index (κ1) is 20.7. The smallest absolute Gasteiger partial charge is 0.207 e. The number of benzene rings is 3. The van der Waals surface area contributed by atoms with Gasteiger partial charge in [0.25, 0.3) is 0 Å². The van der Waals surface area contributed by atoms with Crippen LogP contribution in [0.2, 0.25) is 5.02 Å². The summed E-state index contributed by atoms with van der Waals surface area (Å²) >= 11 is 6.01. The van der Waals surface area contributed by atoms with Gasteiger partial charge in [0.15, 0.2) is 5.78 Å². The van der Waals surface area contributed by atoms with Crippen molar-refractivity contribution in [2.45, 2.75) is 13.1 Å². The zero-order valence-corrected chi connectivity index (χ0v) is 18.6. The summed E-state index contributed by atoms with van der Waals surface area (Å²) in [6.45, 7) is 4.82. The van der Waals surface area contributed by atoms with Gasteiger partial charge < -0.3 is 9.47 Å². The molecule has 0 spiro atoms. The summed E-state index contributed by atoms with van der Waals surface area (Å²) in [7, 11) is 0. The summed E-state index contributed by atoms with van der Waals surface area (Å²) in [6, 6.07) is 25.6. The van der Waals surface area contributed by atoms with Gasteiger partial charge in [-0.05, 0) is 29.8 Å². The lowest BCUT2D eigenvalue weighted by Gasteiger charge is -2.35. The van der Waals surface area contributed by atoms with Crippen LogP contribution < -0.4 is 4.90 Å². The molecule has 3 aromatic carbocycles. The molecule has 1 saturated heterocycles. The first-order valence-corrected chi connectivity index (χ1v) is 11.3. The predicted octanol–water partition coefficient (Wildman–Crippen LogP) is 4.89. The molecule has 0 radical (unpaired) electrons. The first-order chi connectivity index (χ1) is 15.7. The number of fused-ring (bicyclic) bond motifs is 1. The Kier molecular flexibility index (Phi) is 5.93.